The molecule has 1 aromatic heterocycles. The number of nitrogens with zero attached hydrogens (tertiary/aromatic N) is 1. The van der Waals surface area contributed by atoms with E-state index in [0.29, 0.717) is 36.3 Å². The van der Waals surface area contributed by atoms with Crippen molar-refractivity contribution in [3.63, 3.8) is 0 Å². The van der Waals surface area contributed by atoms with E-state index in [9.17, 15) is 9.59 Å². The lowest BCUT2D eigenvalue weighted by Gasteiger charge is -2.19. The average molecular weight is 447 g/mol. The highest BCUT2D eigenvalue weighted by molar-refractivity contribution is 6.32. The summed E-state index contributed by atoms with van der Waals surface area (Å²) in [5.74, 6) is 0.367. The summed E-state index contributed by atoms with van der Waals surface area (Å²) in [6.45, 7) is 5.49. The summed E-state index contributed by atoms with van der Waals surface area (Å²) in [6, 6.07) is 3.48. The van der Waals surface area contributed by atoms with Gasteiger partial charge < -0.3 is 20.1 Å². The monoisotopic (exact) mass is 446 g/mol. The van der Waals surface area contributed by atoms with E-state index in [1.165, 1.54) is 6.08 Å². The molecule has 0 fully saturated rings. The first-order chi connectivity index (χ1) is 14.9. The van der Waals surface area contributed by atoms with E-state index in [1.807, 2.05) is 13.1 Å². The minimum Gasteiger partial charge on any atom is -0.486 e. The first kappa shape index (κ1) is 22.7. The number of ether oxygens (including phenoxy) is 2. The van der Waals surface area contributed by atoms with Gasteiger partial charge in [0.2, 0.25) is 11.8 Å². The topological polar surface area (TPSA) is 105 Å². The smallest absolute Gasteiger partial charge is 0.244 e. The first-order valence-corrected chi connectivity index (χ1v) is 10.6. The summed E-state index contributed by atoms with van der Waals surface area (Å²) in [5, 5.41) is 13.0. The third kappa shape index (κ3) is 6.49. The fourth-order valence-corrected chi connectivity index (χ4v) is 3.37. The van der Waals surface area contributed by atoms with Gasteiger partial charge in [0, 0.05) is 24.9 Å². The summed E-state index contributed by atoms with van der Waals surface area (Å²) in [6.07, 6.45) is 6.53. The summed E-state index contributed by atoms with van der Waals surface area (Å²) in [5.41, 5.74) is 2.93. The Bertz CT molecular complexity index is 957. The molecule has 0 saturated heterocycles. The molecule has 3 rings (SSSR count). The van der Waals surface area contributed by atoms with Crippen LogP contribution in [0.1, 0.15) is 30.2 Å². The van der Waals surface area contributed by atoms with Crippen LogP contribution in [0.2, 0.25) is 5.02 Å². The largest absolute Gasteiger partial charge is 0.486 e. The standard InChI is InChI=1S/C22H27ClN4O4/c1-14(22(29)24-7-3-4-17-13-26-27-15(17)2)12-25-20(28)6-5-16-10-18(23)21-19(11-16)30-8-9-31-21/h5-6,10-11,13-14H,3-4,7-9,12H2,1-2H3,(H,24,29)(H,25,28)(H,26,27). The van der Waals surface area contributed by atoms with Crippen molar-refractivity contribution < 1.29 is 19.1 Å². The predicted molar refractivity (Wildman–Crippen MR) is 118 cm³/mol. The van der Waals surface area contributed by atoms with Crippen LogP contribution in [0, 0.1) is 12.8 Å². The molecule has 3 N–H and O–H groups in total. The first-order valence-electron chi connectivity index (χ1n) is 10.3. The second kappa shape index (κ2) is 10.9. The van der Waals surface area contributed by atoms with E-state index in [4.69, 9.17) is 21.1 Å². The molecular formula is C22H27ClN4O4. The Hall–Kier alpha value is -3.00. The van der Waals surface area contributed by atoms with Gasteiger partial charge in [-0.05, 0) is 49.1 Å². The highest BCUT2D eigenvalue weighted by atomic mass is 35.5. The fourth-order valence-electron chi connectivity index (χ4n) is 3.10. The van der Waals surface area contributed by atoms with Crippen molar-refractivity contribution in [2.75, 3.05) is 26.3 Å². The van der Waals surface area contributed by atoms with E-state index in [-0.39, 0.29) is 24.3 Å². The minimum absolute atomic E-state index is 0.0909. The Morgan fingerprint density at radius 2 is 2.10 bits per heavy atom. The number of benzene rings is 1. The van der Waals surface area contributed by atoms with Gasteiger partial charge >= 0.3 is 0 Å². The quantitative estimate of drug-likeness (QED) is 0.405. The average Bonchev–Trinajstić information content (AvgIpc) is 3.18. The lowest BCUT2D eigenvalue weighted by atomic mass is 10.1. The van der Waals surface area contributed by atoms with Crippen LogP contribution in [0.15, 0.2) is 24.4 Å². The van der Waals surface area contributed by atoms with Gasteiger partial charge in [-0.1, -0.05) is 18.5 Å². The lowest BCUT2D eigenvalue weighted by Crippen LogP contribution is -2.37. The molecule has 0 bridgehead atoms. The second-order valence-corrected chi connectivity index (χ2v) is 7.83. The molecule has 2 amide bonds. The zero-order valence-corrected chi connectivity index (χ0v) is 18.4. The highest BCUT2D eigenvalue weighted by Gasteiger charge is 2.16. The van der Waals surface area contributed by atoms with Gasteiger partial charge in [-0.15, -0.1) is 0 Å². The maximum Gasteiger partial charge on any atom is 0.244 e. The molecule has 2 heterocycles. The zero-order valence-electron chi connectivity index (χ0n) is 17.7. The van der Waals surface area contributed by atoms with Crippen LogP contribution in [-0.2, 0) is 16.0 Å². The molecule has 8 nitrogen and oxygen atoms in total. The summed E-state index contributed by atoms with van der Waals surface area (Å²) in [4.78, 5) is 24.3. The lowest BCUT2D eigenvalue weighted by molar-refractivity contribution is -0.124. The van der Waals surface area contributed by atoms with Crippen molar-refractivity contribution >= 4 is 29.5 Å². The van der Waals surface area contributed by atoms with Crippen molar-refractivity contribution in [1.29, 1.82) is 0 Å². The summed E-state index contributed by atoms with van der Waals surface area (Å²) >= 11 is 6.20. The predicted octanol–water partition coefficient (Wildman–Crippen LogP) is 2.66. The SMILES string of the molecule is Cc1[nH]ncc1CCCNC(=O)C(C)CNC(=O)C=Cc1cc(Cl)c2c(c1)OCCO2. The van der Waals surface area contributed by atoms with Crippen LogP contribution < -0.4 is 20.1 Å². The fraction of sp³-hybridized carbons (Fsp3) is 0.409. The van der Waals surface area contributed by atoms with Gasteiger partial charge in [-0.2, -0.15) is 5.10 Å². The molecule has 1 atom stereocenters. The van der Waals surface area contributed by atoms with Gasteiger partial charge in [0.1, 0.15) is 13.2 Å². The van der Waals surface area contributed by atoms with E-state index < -0.39 is 0 Å². The number of aromatic nitrogens is 2. The number of aromatic amines is 1. The molecular weight excluding hydrogens is 420 g/mol. The molecule has 9 heteroatoms. The summed E-state index contributed by atoms with van der Waals surface area (Å²) in [7, 11) is 0. The van der Waals surface area contributed by atoms with Crippen molar-refractivity contribution in [3.05, 3.63) is 46.2 Å². The molecule has 1 unspecified atom stereocenters. The number of hydrogen-bond acceptors (Lipinski definition) is 5. The molecule has 0 radical (unpaired) electrons. The van der Waals surface area contributed by atoms with Gasteiger partial charge in [-0.25, -0.2) is 0 Å². The molecule has 1 aliphatic rings. The Labute approximate surface area is 186 Å². The molecule has 0 spiro atoms. The third-order valence-electron chi connectivity index (χ3n) is 4.93. The number of carbonyl (C=O) groups excluding carboxylic acids is 2. The number of rotatable bonds is 9. The van der Waals surface area contributed by atoms with Crippen molar-refractivity contribution in [2.24, 2.45) is 5.92 Å². The van der Waals surface area contributed by atoms with Gasteiger partial charge in [0.15, 0.2) is 11.5 Å². The maximum absolute atomic E-state index is 12.2. The molecule has 31 heavy (non-hydrogen) atoms. The van der Waals surface area contributed by atoms with Crippen LogP contribution in [0.5, 0.6) is 11.5 Å². The number of halogens is 1. The molecule has 2 aromatic rings. The van der Waals surface area contributed by atoms with Crippen molar-refractivity contribution in [2.45, 2.75) is 26.7 Å². The number of carbonyl (C=O) groups is 2. The van der Waals surface area contributed by atoms with Crippen LogP contribution in [0.4, 0.5) is 0 Å². The van der Waals surface area contributed by atoms with Gasteiger partial charge in [-0.3, -0.25) is 14.7 Å². The normalized spacial score (nSPS) is 13.8. The van der Waals surface area contributed by atoms with E-state index in [1.54, 1.807) is 25.1 Å². The van der Waals surface area contributed by atoms with Crippen LogP contribution in [0.25, 0.3) is 6.08 Å². The molecule has 0 aliphatic carbocycles. The van der Waals surface area contributed by atoms with Gasteiger partial charge in [0.05, 0.1) is 17.1 Å². The number of nitrogens with one attached hydrogen (secondary N) is 3. The maximum atomic E-state index is 12.2. The number of amides is 2. The van der Waals surface area contributed by atoms with E-state index >= 15 is 0 Å². The highest BCUT2D eigenvalue weighted by Crippen LogP contribution is 2.38. The summed E-state index contributed by atoms with van der Waals surface area (Å²) < 4.78 is 11.0. The Morgan fingerprint density at radius 3 is 2.87 bits per heavy atom. The zero-order chi connectivity index (χ0) is 22.2. The van der Waals surface area contributed by atoms with E-state index in [0.717, 1.165) is 29.7 Å². The van der Waals surface area contributed by atoms with E-state index in [2.05, 4.69) is 20.8 Å². The minimum atomic E-state index is -0.336. The number of aryl methyl sites for hydroxylation is 2. The molecule has 1 aliphatic heterocycles. The van der Waals surface area contributed by atoms with Crippen molar-refractivity contribution in [1.82, 2.24) is 20.8 Å². The number of fused-ring (bicyclic) bond motifs is 1. The molecule has 0 saturated carbocycles. The second-order valence-electron chi connectivity index (χ2n) is 7.42. The Kier molecular flexibility index (Phi) is 7.94. The number of H-pyrrole nitrogens is 1. The van der Waals surface area contributed by atoms with Crippen LogP contribution in [0.3, 0.4) is 0 Å². The number of hydrogen-bond donors (Lipinski definition) is 3. The molecule has 1 aromatic carbocycles. The van der Waals surface area contributed by atoms with Crippen molar-refractivity contribution in [3.8, 4) is 11.5 Å². The third-order valence-corrected chi connectivity index (χ3v) is 5.21. The van der Waals surface area contributed by atoms with Gasteiger partial charge in [0.25, 0.3) is 0 Å². The van der Waals surface area contributed by atoms with Crippen LogP contribution >= 0.6 is 11.6 Å². The Balaban J connectivity index is 1.39. The Morgan fingerprint density at radius 1 is 1.29 bits per heavy atom. The van der Waals surface area contributed by atoms with Crippen LogP contribution in [-0.4, -0.2) is 48.3 Å². The molecule has 166 valence electrons.